The van der Waals surface area contributed by atoms with Crippen molar-refractivity contribution < 1.29 is 28.5 Å². The SMILES string of the molecule is COc1cc(Cl)cc(N=NC(C(C)=O)C(=O)Nc2c(Cl)ccc(OC)c2OC)c1OC. The standard InChI is InChI=1S/C20H21Cl2N3O6/c1-10(26)16(25-24-13-8-11(21)9-15(29-3)18(13)30-4)20(27)23-17-12(22)6-7-14(28-2)19(17)31-5/h6-9,16H,1-5H3,(H,23,27). The molecule has 0 heterocycles. The number of halogens is 2. The molecule has 0 radical (unpaired) electrons. The first kappa shape index (κ1) is 24.2. The van der Waals surface area contributed by atoms with E-state index >= 15 is 0 Å². The molecule has 0 saturated heterocycles. The minimum absolute atomic E-state index is 0.136. The fourth-order valence-electron chi connectivity index (χ4n) is 2.64. The molecule has 1 amide bonds. The Morgan fingerprint density at radius 1 is 0.935 bits per heavy atom. The lowest BCUT2D eigenvalue weighted by Gasteiger charge is -2.16. The number of Topliss-reactive ketones (excluding diaryl/α,β-unsaturated/α-hetero) is 1. The first-order valence-corrected chi connectivity index (χ1v) is 9.57. The van der Waals surface area contributed by atoms with E-state index in [0.717, 1.165) is 0 Å². The summed E-state index contributed by atoms with van der Waals surface area (Å²) in [5.41, 5.74) is 0.319. The smallest absolute Gasteiger partial charge is 0.258 e. The van der Waals surface area contributed by atoms with Gasteiger partial charge >= 0.3 is 0 Å². The maximum absolute atomic E-state index is 12.8. The number of methoxy groups -OCH3 is 4. The fraction of sp³-hybridized carbons (Fsp3) is 0.300. The molecule has 166 valence electrons. The highest BCUT2D eigenvalue weighted by atomic mass is 35.5. The van der Waals surface area contributed by atoms with Crippen LogP contribution in [0.4, 0.5) is 11.4 Å². The van der Waals surface area contributed by atoms with E-state index in [2.05, 4.69) is 15.5 Å². The van der Waals surface area contributed by atoms with Crippen molar-refractivity contribution in [3.05, 3.63) is 34.3 Å². The fourth-order valence-corrected chi connectivity index (χ4v) is 3.03. The van der Waals surface area contributed by atoms with Crippen LogP contribution in [0.5, 0.6) is 23.0 Å². The van der Waals surface area contributed by atoms with E-state index in [1.54, 1.807) is 6.07 Å². The molecule has 0 fully saturated rings. The Labute approximate surface area is 189 Å². The summed E-state index contributed by atoms with van der Waals surface area (Å²) in [5, 5.41) is 10.9. The molecule has 2 aromatic rings. The zero-order chi connectivity index (χ0) is 23.1. The molecule has 11 heteroatoms. The van der Waals surface area contributed by atoms with E-state index < -0.39 is 17.7 Å². The second-order valence-electron chi connectivity index (χ2n) is 6.04. The van der Waals surface area contributed by atoms with Gasteiger partial charge in [0.15, 0.2) is 28.8 Å². The quantitative estimate of drug-likeness (QED) is 0.420. The van der Waals surface area contributed by atoms with E-state index in [1.807, 2.05) is 0 Å². The third kappa shape index (κ3) is 5.56. The van der Waals surface area contributed by atoms with Crippen LogP contribution in [0.25, 0.3) is 0 Å². The number of nitrogens with one attached hydrogen (secondary N) is 1. The Bertz CT molecular complexity index is 1010. The number of rotatable bonds is 9. The molecule has 0 aliphatic heterocycles. The zero-order valence-corrected chi connectivity index (χ0v) is 19.0. The molecule has 1 unspecified atom stereocenters. The van der Waals surface area contributed by atoms with E-state index in [-0.39, 0.29) is 27.9 Å². The number of carbonyl (C=O) groups is 2. The lowest BCUT2D eigenvalue weighted by Crippen LogP contribution is -2.32. The van der Waals surface area contributed by atoms with Crippen LogP contribution in [0.2, 0.25) is 10.0 Å². The van der Waals surface area contributed by atoms with Crippen LogP contribution >= 0.6 is 23.2 Å². The van der Waals surface area contributed by atoms with Crippen LogP contribution in [-0.4, -0.2) is 46.2 Å². The average molecular weight is 470 g/mol. The summed E-state index contributed by atoms with van der Waals surface area (Å²) in [6, 6.07) is 4.63. The van der Waals surface area contributed by atoms with Crippen molar-refractivity contribution in [3.8, 4) is 23.0 Å². The van der Waals surface area contributed by atoms with Crippen LogP contribution in [0.1, 0.15) is 6.92 Å². The Morgan fingerprint density at radius 2 is 1.58 bits per heavy atom. The zero-order valence-electron chi connectivity index (χ0n) is 17.5. The van der Waals surface area contributed by atoms with Gasteiger partial charge in [-0.15, -0.1) is 0 Å². The maximum Gasteiger partial charge on any atom is 0.258 e. The van der Waals surface area contributed by atoms with Crippen LogP contribution in [-0.2, 0) is 9.59 Å². The molecule has 31 heavy (non-hydrogen) atoms. The van der Waals surface area contributed by atoms with Crippen molar-refractivity contribution >= 4 is 46.3 Å². The van der Waals surface area contributed by atoms with Gasteiger partial charge < -0.3 is 24.3 Å². The number of nitrogens with zero attached hydrogens (tertiary/aromatic N) is 2. The number of benzene rings is 2. The van der Waals surface area contributed by atoms with Crippen LogP contribution < -0.4 is 24.3 Å². The monoisotopic (exact) mass is 469 g/mol. The van der Waals surface area contributed by atoms with Crippen molar-refractivity contribution in [2.45, 2.75) is 13.0 Å². The van der Waals surface area contributed by atoms with Crippen molar-refractivity contribution in [1.82, 2.24) is 0 Å². The molecule has 0 aliphatic carbocycles. The summed E-state index contributed by atoms with van der Waals surface area (Å²) in [4.78, 5) is 24.9. The van der Waals surface area contributed by atoms with Crippen LogP contribution in [0.3, 0.4) is 0 Å². The van der Waals surface area contributed by atoms with E-state index in [9.17, 15) is 9.59 Å². The van der Waals surface area contributed by atoms with Gasteiger partial charge in [0.05, 0.1) is 33.5 Å². The lowest BCUT2D eigenvalue weighted by atomic mass is 10.2. The molecule has 0 aromatic heterocycles. The number of carbonyl (C=O) groups excluding carboxylic acids is 2. The summed E-state index contributed by atoms with van der Waals surface area (Å²) in [5.74, 6) is -0.204. The maximum atomic E-state index is 12.8. The first-order chi connectivity index (χ1) is 14.8. The van der Waals surface area contributed by atoms with Gasteiger partial charge in [-0.2, -0.15) is 10.2 Å². The minimum Gasteiger partial charge on any atom is -0.493 e. The third-order valence-corrected chi connectivity index (χ3v) is 4.61. The topological polar surface area (TPSA) is 108 Å². The predicted molar refractivity (Wildman–Crippen MR) is 117 cm³/mol. The predicted octanol–water partition coefficient (Wildman–Crippen LogP) is 4.71. The summed E-state index contributed by atoms with van der Waals surface area (Å²) in [7, 11) is 5.69. The molecule has 1 atom stereocenters. The molecule has 0 saturated carbocycles. The molecule has 2 aromatic carbocycles. The molecule has 0 aliphatic rings. The highest BCUT2D eigenvalue weighted by Gasteiger charge is 2.26. The molecule has 2 rings (SSSR count). The van der Waals surface area contributed by atoms with E-state index in [1.165, 1.54) is 53.6 Å². The highest BCUT2D eigenvalue weighted by molar-refractivity contribution is 6.34. The summed E-state index contributed by atoms with van der Waals surface area (Å²) < 4.78 is 21.0. The second-order valence-corrected chi connectivity index (χ2v) is 6.88. The van der Waals surface area contributed by atoms with Crippen LogP contribution in [0.15, 0.2) is 34.5 Å². The molecule has 9 nitrogen and oxygen atoms in total. The van der Waals surface area contributed by atoms with Gasteiger partial charge in [-0.05, 0) is 25.1 Å². The number of ketones is 1. The molecule has 0 bridgehead atoms. The summed E-state index contributed by atoms with van der Waals surface area (Å²) >= 11 is 12.3. The van der Waals surface area contributed by atoms with Gasteiger partial charge in [-0.3, -0.25) is 9.59 Å². The van der Waals surface area contributed by atoms with E-state index in [4.69, 9.17) is 42.1 Å². The van der Waals surface area contributed by atoms with Gasteiger partial charge in [-0.1, -0.05) is 23.2 Å². The van der Waals surface area contributed by atoms with Gasteiger partial charge in [0.2, 0.25) is 6.04 Å². The molecular weight excluding hydrogens is 449 g/mol. The Hall–Kier alpha value is -3.04. The van der Waals surface area contributed by atoms with Crippen molar-refractivity contribution in [2.75, 3.05) is 33.8 Å². The van der Waals surface area contributed by atoms with Gasteiger partial charge in [-0.25, -0.2) is 0 Å². The third-order valence-electron chi connectivity index (χ3n) is 4.08. The number of hydrogen-bond acceptors (Lipinski definition) is 8. The number of ether oxygens (including phenoxy) is 4. The average Bonchev–Trinajstić information content (AvgIpc) is 2.74. The second kappa shape index (κ2) is 10.8. The van der Waals surface area contributed by atoms with Gasteiger partial charge in [0.25, 0.3) is 5.91 Å². The Kier molecular flexibility index (Phi) is 8.47. The molecule has 0 spiro atoms. The number of amides is 1. The molecule has 1 N–H and O–H groups in total. The van der Waals surface area contributed by atoms with Gasteiger partial charge in [0, 0.05) is 11.1 Å². The number of hydrogen-bond donors (Lipinski definition) is 1. The van der Waals surface area contributed by atoms with Gasteiger partial charge in [0.1, 0.15) is 11.4 Å². The largest absolute Gasteiger partial charge is 0.493 e. The van der Waals surface area contributed by atoms with Crippen molar-refractivity contribution in [3.63, 3.8) is 0 Å². The van der Waals surface area contributed by atoms with Crippen molar-refractivity contribution in [1.29, 1.82) is 0 Å². The normalized spacial score (nSPS) is 11.7. The highest BCUT2D eigenvalue weighted by Crippen LogP contribution is 2.41. The minimum atomic E-state index is -1.47. The number of azo groups is 1. The van der Waals surface area contributed by atoms with Crippen LogP contribution in [0, 0.1) is 0 Å². The number of anilines is 1. The van der Waals surface area contributed by atoms with E-state index in [0.29, 0.717) is 16.5 Å². The first-order valence-electron chi connectivity index (χ1n) is 8.81. The van der Waals surface area contributed by atoms with Crippen molar-refractivity contribution in [2.24, 2.45) is 10.2 Å². The summed E-state index contributed by atoms with van der Waals surface area (Å²) in [6.07, 6.45) is 0. The summed E-state index contributed by atoms with van der Waals surface area (Å²) in [6.45, 7) is 1.21. The Morgan fingerprint density at radius 3 is 2.13 bits per heavy atom. The lowest BCUT2D eigenvalue weighted by molar-refractivity contribution is -0.126. The molecular formula is C20H21Cl2N3O6. The Balaban J connectivity index is 2.40.